The highest BCUT2D eigenvalue weighted by Crippen LogP contribution is 2.30. The van der Waals surface area contributed by atoms with Crippen molar-refractivity contribution in [1.82, 2.24) is 14.5 Å². The molecule has 2 heterocycles. The van der Waals surface area contributed by atoms with Crippen molar-refractivity contribution >= 4 is 16.7 Å². The minimum Gasteiger partial charge on any atom is -0.398 e. The van der Waals surface area contributed by atoms with Crippen LogP contribution in [0, 0.1) is 13.8 Å². The lowest BCUT2D eigenvalue weighted by Gasteiger charge is -2.10. The van der Waals surface area contributed by atoms with Gasteiger partial charge >= 0.3 is 0 Å². The quantitative estimate of drug-likeness (QED) is 0.677. The Labute approximate surface area is 111 Å². The predicted molar refractivity (Wildman–Crippen MR) is 77.8 cm³/mol. The molecule has 2 aromatic heterocycles. The molecule has 96 valence electrons. The summed E-state index contributed by atoms with van der Waals surface area (Å²) in [5.41, 5.74) is 12.2. The Balaban J connectivity index is 2.33. The van der Waals surface area contributed by atoms with Crippen LogP contribution in [0.5, 0.6) is 0 Å². The Bertz CT molecular complexity index is 771. The van der Waals surface area contributed by atoms with Gasteiger partial charge in [0.15, 0.2) is 0 Å². The summed E-state index contributed by atoms with van der Waals surface area (Å²) in [6.45, 7) is 4.09. The molecule has 4 nitrogen and oxygen atoms in total. The molecule has 4 heteroatoms. The van der Waals surface area contributed by atoms with Gasteiger partial charge in [-0.25, -0.2) is 4.98 Å². The number of aromatic nitrogens is 3. The van der Waals surface area contributed by atoms with Gasteiger partial charge in [0.1, 0.15) is 11.3 Å². The molecule has 0 spiro atoms. The van der Waals surface area contributed by atoms with Crippen LogP contribution in [-0.2, 0) is 7.05 Å². The summed E-state index contributed by atoms with van der Waals surface area (Å²) in [5.74, 6) is 0.882. The maximum atomic E-state index is 6.21. The van der Waals surface area contributed by atoms with Crippen molar-refractivity contribution in [2.75, 3.05) is 5.73 Å². The average Bonchev–Trinajstić information content (AvgIpc) is 2.72. The first-order chi connectivity index (χ1) is 9.08. The van der Waals surface area contributed by atoms with E-state index in [1.165, 1.54) is 5.56 Å². The van der Waals surface area contributed by atoms with Crippen LogP contribution in [0.1, 0.15) is 11.1 Å². The van der Waals surface area contributed by atoms with E-state index in [2.05, 4.69) is 33.6 Å². The zero-order valence-corrected chi connectivity index (χ0v) is 11.3. The van der Waals surface area contributed by atoms with E-state index < -0.39 is 0 Å². The maximum Gasteiger partial charge on any atom is 0.143 e. The summed E-state index contributed by atoms with van der Waals surface area (Å²) < 4.78 is 2.06. The third-order valence-electron chi connectivity index (χ3n) is 3.46. The molecule has 0 aliphatic carbocycles. The normalized spacial score (nSPS) is 11.1. The van der Waals surface area contributed by atoms with E-state index >= 15 is 0 Å². The van der Waals surface area contributed by atoms with Crippen molar-refractivity contribution in [2.24, 2.45) is 7.05 Å². The molecule has 0 bridgehead atoms. The molecule has 2 N–H and O–H groups in total. The van der Waals surface area contributed by atoms with E-state index in [9.17, 15) is 0 Å². The lowest BCUT2D eigenvalue weighted by molar-refractivity contribution is 0.959. The van der Waals surface area contributed by atoms with Crippen molar-refractivity contribution in [3.8, 4) is 11.4 Å². The van der Waals surface area contributed by atoms with Gasteiger partial charge in [0, 0.05) is 24.5 Å². The van der Waals surface area contributed by atoms with Crippen molar-refractivity contribution in [3.63, 3.8) is 0 Å². The molecule has 3 aromatic rings. The van der Waals surface area contributed by atoms with Crippen LogP contribution in [0.4, 0.5) is 5.69 Å². The molecular formula is C15H16N4. The number of anilines is 1. The number of fused-ring (bicyclic) bond motifs is 1. The van der Waals surface area contributed by atoms with E-state index in [-0.39, 0.29) is 0 Å². The number of rotatable bonds is 1. The summed E-state index contributed by atoms with van der Waals surface area (Å²) in [6.07, 6.45) is 3.55. The summed E-state index contributed by atoms with van der Waals surface area (Å²) in [6, 6.07) is 6.13. The van der Waals surface area contributed by atoms with Gasteiger partial charge in [-0.05, 0) is 37.1 Å². The highest BCUT2D eigenvalue weighted by atomic mass is 15.1. The van der Waals surface area contributed by atoms with Crippen LogP contribution in [0.2, 0.25) is 0 Å². The third kappa shape index (κ3) is 1.76. The smallest absolute Gasteiger partial charge is 0.143 e. The number of aryl methyl sites for hydroxylation is 3. The average molecular weight is 252 g/mol. The number of hydrogen-bond donors (Lipinski definition) is 1. The molecule has 0 fully saturated rings. The minimum atomic E-state index is 0.789. The Kier molecular flexibility index (Phi) is 2.52. The molecule has 0 unspecified atom stereocenters. The number of benzene rings is 1. The third-order valence-corrected chi connectivity index (χ3v) is 3.46. The lowest BCUT2D eigenvalue weighted by Crippen LogP contribution is -1.99. The van der Waals surface area contributed by atoms with Crippen molar-refractivity contribution in [1.29, 1.82) is 0 Å². The number of nitrogen functional groups attached to an aromatic ring is 1. The number of nitrogens with zero attached hydrogens (tertiary/aromatic N) is 3. The van der Waals surface area contributed by atoms with Gasteiger partial charge in [-0.15, -0.1) is 0 Å². The van der Waals surface area contributed by atoms with Crippen LogP contribution >= 0.6 is 0 Å². The number of nitrogens with two attached hydrogens (primary N) is 1. The number of imidazole rings is 1. The number of pyridine rings is 1. The van der Waals surface area contributed by atoms with Gasteiger partial charge in [0.2, 0.25) is 0 Å². The first-order valence-corrected chi connectivity index (χ1v) is 6.21. The fraction of sp³-hybridized carbons (Fsp3) is 0.200. The maximum absolute atomic E-state index is 6.21. The monoisotopic (exact) mass is 252 g/mol. The second-order valence-electron chi connectivity index (χ2n) is 4.90. The molecule has 0 aliphatic rings. The zero-order chi connectivity index (χ0) is 13.6. The first-order valence-electron chi connectivity index (χ1n) is 6.21. The summed E-state index contributed by atoms with van der Waals surface area (Å²) >= 11 is 0. The van der Waals surface area contributed by atoms with Gasteiger partial charge < -0.3 is 10.3 Å². The minimum absolute atomic E-state index is 0.789. The summed E-state index contributed by atoms with van der Waals surface area (Å²) in [7, 11) is 2.00. The second kappa shape index (κ2) is 4.09. The Morgan fingerprint density at radius 1 is 1.21 bits per heavy atom. The molecule has 19 heavy (non-hydrogen) atoms. The number of hydrogen-bond acceptors (Lipinski definition) is 3. The van der Waals surface area contributed by atoms with E-state index in [4.69, 9.17) is 5.73 Å². The van der Waals surface area contributed by atoms with Gasteiger partial charge in [-0.3, -0.25) is 4.98 Å². The molecule has 0 atom stereocenters. The first kappa shape index (κ1) is 11.7. The van der Waals surface area contributed by atoms with Crippen LogP contribution in [-0.4, -0.2) is 14.5 Å². The van der Waals surface area contributed by atoms with Gasteiger partial charge in [0.05, 0.1) is 11.7 Å². The Morgan fingerprint density at radius 2 is 2.00 bits per heavy atom. The van der Waals surface area contributed by atoms with Gasteiger partial charge in [0.25, 0.3) is 0 Å². The van der Waals surface area contributed by atoms with E-state index in [1.54, 1.807) is 12.4 Å². The van der Waals surface area contributed by atoms with Crippen LogP contribution in [0.3, 0.4) is 0 Å². The SMILES string of the molecule is Cc1cc(C)c(N)c(-c2nc3cnccc3n2C)c1. The predicted octanol–water partition coefficient (Wildman–Crippen LogP) is 2.83. The second-order valence-corrected chi connectivity index (χ2v) is 4.90. The largest absolute Gasteiger partial charge is 0.398 e. The van der Waals surface area contributed by atoms with E-state index in [0.29, 0.717) is 0 Å². The van der Waals surface area contributed by atoms with Crippen LogP contribution in [0.25, 0.3) is 22.4 Å². The molecule has 0 aliphatic heterocycles. The van der Waals surface area contributed by atoms with E-state index in [0.717, 1.165) is 33.7 Å². The molecule has 3 rings (SSSR count). The Morgan fingerprint density at radius 3 is 2.74 bits per heavy atom. The summed E-state index contributed by atoms with van der Waals surface area (Å²) in [4.78, 5) is 8.76. The fourth-order valence-corrected chi connectivity index (χ4v) is 2.46. The Hall–Kier alpha value is -2.36. The fourth-order valence-electron chi connectivity index (χ4n) is 2.46. The van der Waals surface area contributed by atoms with Crippen LogP contribution in [0.15, 0.2) is 30.6 Å². The van der Waals surface area contributed by atoms with Crippen molar-refractivity contribution in [3.05, 3.63) is 41.7 Å². The molecule has 0 radical (unpaired) electrons. The molecule has 0 amide bonds. The van der Waals surface area contributed by atoms with Crippen LogP contribution < -0.4 is 5.73 Å². The highest BCUT2D eigenvalue weighted by Gasteiger charge is 2.13. The van der Waals surface area contributed by atoms with Gasteiger partial charge in [-0.2, -0.15) is 0 Å². The van der Waals surface area contributed by atoms with Crippen molar-refractivity contribution in [2.45, 2.75) is 13.8 Å². The molecular weight excluding hydrogens is 236 g/mol. The molecule has 0 saturated heterocycles. The highest BCUT2D eigenvalue weighted by molar-refractivity contribution is 5.84. The van der Waals surface area contributed by atoms with Crippen molar-refractivity contribution < 1.29 is 0 Å². The van der Waals surface area contributed by atoms with E-state index in [1.807, 2.05) is 20.0 Å². The molecule has 1 aromatic carbocycles. The summed E-state index contributed by atoms with van der Waals surface area (Å²) in [5, 5.41) is 0. The standard InChI is InChI=1S/C15H16N4/c1-9-6-10(2)14(16)11(7-9)15-18-12-8-17-5-4-13(12)19(15)3/h4-8H,16H2,1-3H3. The zero-order valence-electron chi connectivity index (χ0n) is 11.3. The van der Waals surface area contributed by atoms with Gasteiger partial charge in [-0.1, -0.05) is 6.07 Å². The topological polar surface area (TPSA) is 56.7 Å². The lowest BCUT2D eigenvalue weighted by atomic mass is 10.0. The molecule has 0 saturated carbocycles.